The van der Waals surface area contributed by atoms with Crippen molar-refractivity contribution in [1.29, 1.82) is 0 Å². The van der Waals surface area contributed by atoms with E-state index in [-0.39, 0.29) is 5.69 Å². The van der Waals surface area contributed by atoms with E-state index in [1.54, 1.807) is 6.92 Å². The monoisotopic (exact) mass is 469 g/mol. The van der Waals surface area contributed by atoms with Crippen LogP contribution in [0, 0.1) is 0 Å². The van der Waals surface area contributed by atoms with Crippen LogP contribution < -0.4 is 5.69 Å². The number of likely N-dealkylation sites (N-methyl/N-ethyl adjacent to an activating group) is 1. The van der Waals surface area contributed by atoms with Crippen LogP contribution in [0.25, 0.3) is 22.1 Å². The first kappa shape index (κ1) is 23.1. The Balaban J connectivity index is 1.56. The largest absolute Gasteiger partial charge is 0.389 e. The average Bonchev–Trinajstić information content (AvgIpc) is 3.33. The summed E-state index contributed by atoms with van der Waals surface area (Å²) in [5.74, 6) is 0.874. The topological polar surface area (TPSA) is 68.2 Å². The Morgan fingerprint density at radius 1 is 0.829 bits per heavy atom. The van der Waals surface area contributed by atoms with Crippen LogP contribution in [0.2, 0.25) is 0 Å². The molecule has 0 spiro atoms. The minimum absolute atomic E-state index is 0.0583. The van der Waals surface area contributed by atoms with Crippen molar-refractivity contribution >= 4 is 22.1 Å². The standard InChI is InChI=1S/C28H31N5O2/c1-20(34)22-14-12-21(13-15-22)18-32-25-10-6-7-11-26(25)33(28(32)35)19-27-29-23-8-4-5-9-24(23)31(27)17-16-30(2)3/h4-15,20,34H,16-19H2,1-3H3. The zero-order valence-electron chi connectivity index (χ0n) is 20.4. The molecule has 2 heterocycles. The zero-order chi connectivity index (χ0) is 24.5. The highest BCUT2D eigenvalue weighted by Gasteiger charge is 2.17. The first-order chi connectivity index (χ1) is 16.9. The molecule has 1 atom stereocenters. The Morgan fingerprint density at radius 2 is 1.43 bits per heavy atom. The van der Waals surface area contributed by atoms with Crippen LogP contribution in [0.4, 0.5) is 0 Å². The van der Waals surface area contributed by atoms with Gasteiger partial charge in [-0.2, -0.15) is 0 Å². The summed E-state index contributed by atoms with van der Waals surface area (Å²) >= 11 is 0. The molecule has 5 rings (SSSR count). The van der Waals surface area contributed by atoms with Crippen molar-refractivity contribution in [2.45, 2.75) is 32.7 Å². The predicted octanol–water partition coefficient (Wildman–Crippen LogP) is 3.86. The molecule has 180 valence electrons. The first-order valence-corrected chi connectivity index (χ1v) is 12.0. The first-order valence-electron chi connectivity index (χ1n) is 12.0. The number of aromatic nitrogens is 4. The van der Waals surface area contributed by atoms with E-state index >= 15 is 0 Å². The quantitative estimate of drug-likeness (QED) is 0.375. The zero-order valence-corrected chi connectivity index (χ0v) is 20.4. The van der Waals surface area contributed by atoms with E-state index in [4.69, 9.17) is 4.98 Å². The van der Waals surface area contributed by atoms with Gasteiger partial charge in [0.25, 0.3) is 0 Å². The summed E-state index contributed by atoms with van der Waals surface area (Å²) in [7, 11) is 4.12. The minimum Gasteiger partial charge on any atom is -0.389 e. The number of hydrogen-bond acceptors (Lipinski definition) is 4. The number of aliphatic hydroxyl groups is 1. The fourth-order valence-corrected chi connectivity index (χ4v) is 4.60. The summed E-state index contributed by atoms with van der Waals surface area (Å²) in [4.78, 5) is 20.8. The number of benzene rings is 3. The Kier molecular flexibility index (Phi) is 6.28. The molecule has 0 aliphatic carbocycles. The molecule has 0 saturated heterocycles. The third-order valence-electron chi connectivity index (χ3n) is 6.53. The fraction of sp³-hybridized carbons (Fsp3) is 0.286. The van der Waals surface area contributed by atoms with Gasteiger partial charge >= 0.3 is 5.69 Å². The molecule has 7 nitrogen and oxygen atoms in total. The number of hydrogen-bond donors (Lipinski definition) is 1. The Morgan fingerprint density at radius 3 is 2.06 bits per heavy atom. The highest BCUT2D eigenvalue weighted by molar-refractivity contribution is 5.77. The predicted molar refractivity (Wildman–Crippen MR) is 140 cm³/mol. The molecular formula is C28H31N5O2. The normalized spacial score (nSPS) is 12.7. The maximum absolute atomic E-state index is 13.7. The highest BCUT2D eigenvalue weighted by atomic mass is 16.3. The van der Waals surface area contributed by atoms with Gasteiger partial charge in [-0.1, -0.05) is 48.5 Å². The molecule has 0 bridgehead atoms. The van der Waals surface area contributed by atoms with E-state index in [0.717, 1.165) is 52.1 Å². The summed E-state index contributed by atoms with van der Waals surface area (Å²) in [6.07, 6.45) is -0.513. The lowest BCUT2D eigenvalue weighted by atomic mass is 10.1. The molecule has 0 saturated carbocycles. The van der Waals surface area contributed by atoms with Gasteiger partial charge in [-0.15, -0.1) is 0 Å². The molecule has 1 unspecified atom stereocenters. The van der Waals surface area contributed by atoms with Gasteiger partial charge in [-0.05, 0) is 56.4 Å². The molecule has 0 aliphatic heterocycles. The van der Waals surface area contributed by atoms with Crippen LogP contribution in [0.1, 0.15) is 30.0 Å². The molecule has 35 heavy (non-hydrogen) atoms. The van der Waals surface area contributed by atoms with E-state index in [1.165, 1.54) is 0 Å². The SMILES string of the molecule is CC(O)c1ccc(Cn2c(=O)n(Cc3nc4ccccc4n3CCN(C)C)c3ccccc32)cc1. The molecule has 0 fully saturated rings. The van der Waals surface area contributed by atoms with E-state index in [0.29, 0.717) is 13.1 Å². The second-order valence-corrected chi connectivity index (χ2v) is 9.33. The minimum atomic E-state index is -0.513. The number of para-hydroxylation sites is 4. The second-order valence-electron chi connectivity index (χ2n) is 9.33. The van der Waals surface area contributed by atoms with Crippen LogP contribution in [-0.2, 0) is 19.6 Å². The number of rotatable bonds is 8. The van der Waals surface area contributed by atoms with Gasteiger partial charge in [-0.25, -0.2) is 9.78 Å². The average molecular weight is 470 g/mol. The van der Waals surface area contributed by atoms with Gasteiger partial charge in [-0.3, -0.25) is 9.13 Å². The Labute approximate surface area is 204 Å². The number of nitrogens with zero attached hydrogens (tertiary/aromatic N) is 5. The molecule has 0 radical (unpaired) electrons. The lowest BCUT2D eigenvalue weighted by Gasteiger charge is -2.13. The summed E-state index contributed by atoms with van der Waals surface area (Å²) in [6, 6.07) is 23.8. The summed E-state index contributed by atoms with van der Waals surface area (Å²) in [5, 5.41) is 9.81. The molecule has 5 aromatic rings. The number of imidazole rings is 2. The van der Waals surface area contributed by atoms with Crippen LogP contribution in [0.5, 0.6) is 0 Å². The van der Waals surface area contributed by atoms with Crippen molar-refractivity contribution in [3.05, 3.63) is 100 Å². The molecule has 3 aromatic carbocycles. The summed E-state index contributed by atoms with van der Waals surface area (Å²) in [5.41, 5.74) is 5.63. The maximum atomic E-state index is 13.7. The van der Waals surface area contributed by atoms with Crippen LogP contribution in [0.3, 0.4) is 0 Å². The lowest BCUT2D eigenvalue weighted by Crippen LogP contribution is -2.27. The number of fused-ring (bicyclic) bond motifs is 2. The van der Waals surface area contributed by atoms with Crippen molar-refractivity contribution in [3.8, 4) is 0 Å². The van der Waals surface area contributed by atoms with Crippen molar-refractivity contribution < 1.29 is 5.11 Å². The van der Waals surface area contributed by atoms with E-state index in [1.807, 2.05) is 75.9 Å². The molecule has 2 aromatic heterocycles. The van der Waals surface area contributed by atoms with Gasteiger partial charge in [0.2, 0.25) is 0 Å². The van der Waals surface area contributed by atoms with Crippen LogP contribution >= 0.6 is 0 Å². The molecule has 0 aliphatic rings. The highest BCUT2D eigenvalue weighted by Crippen LogP contribution is 2.20. The van der Waals surface area contributed by atoms with Crippen molar-refractivity contribution in [1.82, 2.24) is 23.6 Å². The van der Waals surface area contributed by atoms with Gasteiger partial charge in [0, 0.05) is 13.1 Å². The van der Waals surface area contributed by atoms with Crippen molar-refractivity contribution in [2.75, 3.05) is 20.6 Å². The van der Waals surface area contributed by atoms with Crippen LogP contribution in [-0.4, -0.2) is 49.3 Å². The Bertz CT molecular complexity index is 1520. The van der Waals surface area contributed by atoms with Crippen molar-refractivity contribution in [2.24, 2.45) is 0 Å². The van der Waals surface area contributed by atoms with Gasteiger partial charge in [0.1, 0.15) is 5.82 Å². The Hall–Kier alpha value is -3.68. The van der Waals surface area contributed by atoms with Gasteiger partial charge < -0.3 is 14.6 Å². The second kappa shape index (κ2) is 9.52. The smallest absolute Gasteiger partial charge is 0.329 e. The van der Waals surface area contributed by atoms with Gasteiger partial charge in [0.05, 0.1) is 41.3 Å². The lowest BCUT2D eigenvalue weighted by molar-refractivity contribution is 0.199. The van der Waals surface area contributed by atoms with Crippen LogP contribution in [0.15, 0.2) is 77.6 Å². The van der Waals surface area contributed by atoms with E-state index < -0.39 is 6.10 Å². The van der Waals surface area contributed by atoms with Crippen molar-refractivity contribution in [3.63, 3.8) is 0 Å². The summed E-state index contributed by atoms with van der Waals surface area (Å²) in [6.45, 7) is 4.29. The van der Waals surface area contributed by atoms with Gasteiger partial charge in [0.15, 0.2) is 0 Å². The maximum Gasteiger partial charge on any atom is 0.329 e. The third-order valence-corrected chi connectivity index (χ3v) is 6.53. The molecular weight excluding hydrogens is 438 g/mol. The molecule has 0 amide bonds. The number of aliphatic hydroxyl groups excluding tert-OH is 1. The molecule has 7 heteroatoms. The fourth-order valence-electron chi connectivity index (χ4n) is 4.60. The van der Waals surface area contributed by atoms with E-state index in [2.05, 4.69) is 29.6 Å². The van der Waals surface area contributed by atoms with E-state index in [9.17, 15) is 9.90 Å². The third kappa shape index (κ3) is 4.52. The summed E-state index contributed by atoms with van der Waals surface area (Å²) < 4.78 is 5.87. The molecule has 1 N–H and O–H groups in total.